The Kier molecular flexibility index (Phi) is 6.97. The molecule has 0 N–H and O–H groups in total. The predicted octanol–water partition coefficient (Wildman–Crippen LogP) is 2.31. The van der Waals surface area contributed by atoms with E-state index < -0.39 is 60.8 Å². The molecule has 0 aliphatic carbocycles. The lowest BCUT2D eigenvalue weighted by Crippen LogP contribution is -2.48. The summed E-state index contributed by atoms with van der Waals surface area (Å²) in [6.45, 7) is 0. The maximum absolute atomic E-state index is 14.5. The molecule has 0 bridgehead atoms. The minimum absolute atomic E-state index is 0.290. The smallest absolute Gasteiger partial charge is 0.472 e. The molecule has 16 heteroatoms. The van der Waals surface area contributed by atoms with Crippen LogP contribution < -0.4 is 13.8 Å². The van der Waals surface area contributed by atoms with Gasteiger partial charge in [0.15, 0.2) is 0 Å². The molecule has 1 heterocycles. The van der Waals surface area contributed by atoms with Crippen LogP contribution >= 0.6 is 0 Å². The van der Waals surface area contributed by atoms with Crippen LogP contribution in [0.1, 0.15) is 16.2 Å². The molecule has 0 unspecified atom stereocenters. The number of carbonyl (C=O) groups excluding carboxylic acids is 2. The number of hydrogen-bond donors (Lipinski definition) is 0. The van der Waals surface area contributed by atoms with Gasteiger partial charge in [0.1, 0.15) is 11.5 Å². The topological polar surface area (TPSA) is 116 Å². The van der Waals surface area contributed by atoms with E-state index in [-0.39, 0.29) is 11.8 Å². The van der Waals surface area contributed by atoms with Crippen molar-refractivity contribution < 1.29 is 53.8 Å². The molecule has 2 aromatic rings. The van der Waals surface area contributed by atoms with Crippen molar-refractivity contribution in [3.05, 3.63) is 41.5 Å². The summed E-state index contributed by atoms with van der Waals surface area (Å²) in [7, 11) is -4.19. The first-order chi connectivity index (χ1) is 14.7. The van der Waals surface area contributed by atoms with Crippen LogP contribution in [0, 0.1) is 5.82 Å². The van der Waals surface area contributed by atoms with Gasteiger partial charge >= 0.3 is 27.9 Å². The molecule has 0 saturated carbocycles. The van der Waals surface area contributed by atoms with Crippen LogP contribution in [-0.2, 0) is 14.8 Å². The van der Waals surface area contributed by atoms with Gasteiger partial charge in [-0.15, -0.1) is 0 Å². The largest absolute Gasteiger partial charge is 0.481 e. The van der Waals surface area contributed by atoms with Crippen LogP contribution in [0.5, 0.6) is 11.8 Å². The monoisotopic (exact) mass is 487 g/mol. The lowest BCUT2D eigenvalue weighted by molar-refractivity contribution is -0.169. The second kappa shape index (κ2) is 8.97. The van der Waals surface area contributed by atoms with Crippen molar-refractivity contribution in [2.24, 2.45) is 0 Å². The summed E-state index contributed by atoms with van der Waals surface area (Å²) < 4.78 is 111. The molecule has 0 spiro atoms. The minimum Gasteiger partial charge on any atom is -0.481 e. The second-order valence-electron chi connectivity index (χ2n) is 5.61. The highest BCUT2D eigenvalue weighted by atomic mass is 32.2. The fourth-order valence-electron chi connectivity index (χ4n) is 2.28. The van der Waals surface area contributed by atoms with Crippen LogP contribution in [0.4, 0.5) is 32.0 Å². The number of para-hydroxylation sites is 1. The number of ketones is 1. The van der Waals surface area contributed by atoms with Gasteiger partial charge in [0, 0.05) is 0 Å². The molecule has 1 amide bonds. The van der Waals surface area contributed by atoms with Gasteiger partial charge in [0.2, 0.25) is 23.4 Å². The minimum atomic E-state index is -6.41. The number of sulfonamides is 1. The molecule has 0 radical (unpaired) electrons. The van der Waals surface area contributed by atoms with E-state index in [2.05, 4.69) is 9.97 Å². The second-order valence-corrected chi connectivity index (χ2v) is 7.37. The Morgan fingerprint density at radius 1 is 1.06 bits per heavy atom. The van der Waals surface area contributed by atoms with Crippen LogP contribution in [0.25, 0.3) is 0 Å². The number of aromatic nitrogens is 2. The molecule has 0 atom stereocenters. The van der Waals surface area contributed by atoms with Gasteiger partial charge < -0.3 is 9.47 Å². The molecule has 9 nitrogen and oxygen atoms in total. The number of carbonyl (C=O) groups is 2. The zero-order valence-electron chi connectivity index (χ0n) is 15.9. The zero-order valence-corrected chi connectivity index (χ0v) is 16.7. The summed E-state index contributed by atoms with van der Waals surface area (Å²) in [6.07, 6.45) is -6.03. The standard InChI is InChI=1S/C16H11F6N3O6S/c1-30-9-6-10(31-2)24-13(23-9)12(26)7-4-3-5-8(17)11(7)25(14(27)16(20,21)22)32(28,29)15(18)19/h3-6,15H,1-2H3. The van der Waals surface area contributed by atoms with Crippen molar-refractivity contribution in [1.29, 1.82) is 0 Å². The highest BCUT2D eigenvalue weighted by Crippen LogP contribution is 2.34. The van der Waals surface area contributed by atoms with Gasteiger partial charge in [0.05, 0.1) is 25.8 Å². The number of nitrogens with zero attached hydrogens (tertiary/aromatic N) is 3. The van der Waals surface area contributed by atoms with E-state index in [4.69, 9.17) is 9.47 Å². The van der Waals surface area contributed by atoms with Crippen molar-refractivity contribution >= 4 is 27.4 Å². The first-order valence-electron chi connectivity index (χ1n) is 7.99. The van der Waals surface area contributed by atoms with E-state index in [1.165, 1.54) is 0 Å². The van der Waals surface area contributed by atoms with E-state index in [9.17, 15) is 44.3 Å². The van der Waals surface area contributed by atoms with Crippen molar-refractivity contribution in [3.8, 4) is 11.8 Å². The van der Waals surface area contributed by atoms with Crippen LogP contribution in [0.2, 0.25) is 0 Å². The Bertz CT molecular complexity index is 1130. The highest BCUT2D eigenvalue weighted by Gasteiger charge is 2.52. The fraction of sp³-hybridized carbons (Fsp3) is 0.250. The Balaban J connectivity index is 2.84. The van der Waals surface area contributed by atoms with E-state index in [1.54, 1.807) is 0 Å². The summed E-state index contributed by atoms with van der Waals surface area (Å²) >= 11 is 0. The van der Waals surface area contributed by atoms with Gasteiger partial charge in [-0.05, 0) is 12.1 Å². The van der Waals surface area contributed by atoms with Crippen LogP contribution in [0.15, 0.2) is 24.3 Å². The zero-order chi connectivity index (χ0) is 24.4. The Morgan fingerprint density at radius 2 is 1.59 bits per heavy atom. The third kappa shape index (κ3) is 4.74. The van der Waals surface area contributed by atoms with Crippen molar-refractivity contribution in [1.82, 2.24) is 9.97 Å². The molecular formula is C16H11F6N3O6S. The van der Waals surface area contributed by atoms with E-state index in [1.807, 2.05) is 0 Å². The van der Waals surface area contributed by atoms with Gasteiger partial charge in [-0.25, -0.2) is 4.39 Å². The number of hydrogen-bond acceptors (Lipinski definition) is 8. The summed E-state index contributed by atoms with van der Waals surface area (Å²) in [5.74, 6) is -12.8. The quantitative estimate of drug-likeness (QED) is 0.432. The molecular weight excluding hydrogens is 476 g/mol. The third-order valence-corrected chi connectivity index (χ3v) is 4.95. The first kappa shape index (κ1) is 24.8. The SMILES string of the molecule is COc1cc(OC)nc(C(=O)c2cccc(F)c2N(C(=O)C(F)(F)F)S(=O)(=O)C(F)F)n1. The number of rotatable bonds is 7. The molecule has 174 valence electrons. The number of halogens is 6. The number of methoxy groups -OCH3 is 2. The number of amides is 1. The molecule has 0 aliphatic rings. The van der Waals surface area contributed by atoms with Crippen LogP contribution in [0.3, 0.4) is 0 Å². The Labute approximate surface area is 175 Å². The molecule has 1 aromatic carbocycles. The molecule has 0 saturated heterocycles. The summed E-state index contributed by atoms with van der Waals surface area (Å²) in [4.78, 5) is 31.7. The fourth-order valence-corrected chi connectivity index (χ4v) is 3.21. The maximum atomic E-state index is 14.5. The maximum Gasteiger partial charge on any atom is 0.472 e. The Hall–Kier alpha value is -3.43. The molecule has 1 aromatic heterocycles. The predicted molar refractivity (Wildman–Crippen MR) is 93.4 cm³/mol. The highest BCUT2D eigenvalue weighted by molar-refractivity contribution is 7.93. The van der Waals surface area contributed by atoms with Crippen LogP contribution in [-0.4, -0.2) is 56.2 Å². The number of ether oxygens (including phenoxy) is 2. The number of benzene rings is 1. The van der Waals surface area contributed by atoms with Crippen molar-refractivity contribution in [2.75, 3.05) is 18.5 Å². The number of alkyl halides is 5. The van der Waals surface area contributed by atoms with Gasteiger partial charge in [-0.1, -0.05) is 6.07 Å². The lowest BCUT2D eigenvalue weighted by Gasteiger charge is -2.25. The summed E-state index contributed by atoms with van der Waals surface area (Å²) in [5, 5.41) is 0. The van der Waals surface area contributed by atoms with E-state index in [0.29, 0.717) is 12.1 Å². The van der Waals surface area contributed by atoms with E-state index >= 15 is 0 Å². The van der Waals surface area contributed by atoms with Gasteiger partial charge in [0.25, 0.3) is 0 Å². The lowest BCUT2D eigenvalue weighted by atomic mass is 10.1. The Morgan fingerprint density at radius 3 is 2.03 bits per heavy atom. The average molecular weight is 487 g/mol. The van der Waals surface area contributed by atoms with E-state index in [0.717, 1.165) is 26.4 Å². The summed E-state index contributed by atoms with van der Waals surface area (Å²) in [5.41, 5.74) is -3.12. The molecule has 0 aliphatic heterocycles. The van der Waals surface area contributed by atoms with Crippen molar-refractivity contribution in [3.63, 3.8) is 0 Å². The summed E-state index contributed by atoms with van der Waals surface area (Å²) in [6, 6.07) is 2.79. The number of anilines is 1. The normalized spacial score (nSPS) is 11.9. The third-order valence-electron chi connectivity index (χ3n) is 3.64. The molecule has 32 heavy (non-hydrogen) atoms. The van der Waals surface area contributed by atoms with Crippen molar-refractivity contribution in [2.45, 2.75) is 11.9 Å². The van der Waals surface area contributed by atoms with Gasteiger partial charge in [-0.2, -0.15) is 44.6 Å². The van der Waals surface area contributed by atoms with Gasteiger partial charge in [-0.3, -0.25) is 9.59 Å². The molecule has 0 fully saturated rings. The first-order valence-corrected chi connectivity index (χ1v) is 9.49. The molecule has 2 rings (SSSR count). The average Bonchev–Trinajstić information content (AvgIpc) is 2.72.